The smallest absolute Gasteiger partial charge is 0.220 e. The number of morpholine rings is 1. The molecule has 0 unspecified atom stereocenters. The minimum absolute atomic E-state index is 0.0309. The van der Waals surface area contributed by atoms with Crippen molar-refractivity contribution in [2.45, 2.75) is 19.8 Å². The maximum atomic E-state index is 11.9. The van der Waals surface area contributed by atoms with Gasteiger partial charge in [0, 0.05) is 44.6 Å². The van der Waals surface area contributed by atoms with Crippen LogP contribution in [-0.4, -0.2) is 55.2 Å². The largest absolute Gasteiger partial charge is 0.441 e. The highest BCUT2D eigenvalue weighted by Crippen LogP contribution is 2.21. The summed E-state index contributed by atoms with van der Waals surface area (Å²) in [6.07, 6.45) is 2.61. The Morgan fingerprint density at radius 3 is 2.76 bits per heavy atom. The molecule has 1 saturated heterocycles. The number of amides is 1. The first-order valence-corrected chi connectivity index (χ1v) is 8.79. The molecular formula is C19H25N3O3. The molecule has 1 amide bonds. The van der Waals surface area contributed by atoms with Crippen LogP contribution < -0.4 is 5.32 Å². The molecule has 1 N–H and O–H groups in total. The lowest BCUT2D eigenvalue weighted by Gasteiger charge is -2.26. The molecule has 3 rings (SSSR count). The summed E-state index contributed by atoms with van der Waals surface area (Å²) in [5.41, 5.74) is 2.21. The van der Waals surface area contributed by atoms with E-state index in [0.29, 0.717) is 25.3 Å². The number of nitrogens with zero attached hydrogens (tertiary/aromatic N) is 2. The zero-order chi connectivity index (χ0) is 17.5. The lowest BCUT2D eigenvalue weighted by atomic mass is 10.1. The molecule has 6 heteroatoms. The molecule has 1 aliphatic rings. The molecule has 1 aliphatic heterocycles. The van der Waals surface area contributed by atoms with Crippen LogP contribution in [0.2, 0.25) is 0 Å². The monoisotopic (exact) mass is 343 g/mol. The third-order valence-corrected chi connectivity index (χ3v) is 4.31. The SMILES string of the molecule is Cc1ccc(-c2cnc(CCC(=O)NCCN3CCOCC3)o2)cc1. The van der Waals surface area contributed by atoms with Crippen LogP contribution in [0.25, 0.3) is 11.3 Å². The van der Waals surface area contributed by atoms with Crippen LogP contribution in [0.1, 0.15) is 17.9 Å². The molecule has 1 aromatic heterocycles. The fraction of sp³-hybridized carbons (Fsp3) is 0.474. The average molecular weight is 343 g/mol. The van der Waals surface area contributed by atoms with Crippen molar-refractivity contribution in [1.29, 1.82) is 0 Å². The van der Waals surface area contributed by atoms with E-state index in [1.165, 1.54) is 5.56 Å². The molecule has 2 aromatic rings. The fourth-order valence-corrected chi connectivity index (χ4v) is 2.76. The number of carbonyl (C=O) groups excluding carboxylic acids is 1. The Morgan fingerprint density at radius 1 is 1.24 bits per heavy atom. The number of oxazole rings is 1. The van der Waals surface area contributed by atoms with E-state index in [4.69, 9.17) is 9.15 Å². The third-order valence-electron chi connectivity index (χ3n) is 4.31. The molecular weight excluding hydrogens is 318 g/mol. The first-order chi connectivity index (χ1) is 12.2. The molecule has 6 nitrogen and oxygen atoms in total. The van der Waals surface area contributed by atoms with E-state index >= 15 is 0 Å². The minimum Gasteiger partial charge on any atom is -0.441 e. The Bertz CT molecular complexity index is 675. The second-order valence-corrected chi connectivity index (χ2v) is 6.29. The number of ether oxygens (including phenoxy) is 1. The van der Waals surface area contributed by atoms with Gasteiger partial charge in [0.15, 0.2) is 11.7 Å². The normalized spacial score (nSPS) is 15.2. The van der Waals surface area contributed by atoms with E-state index in [1.54, 1.807) is 6.20 Å². The summed E-state index contributed by atoms with van der Waals surface area (Å²) < 4.78 is 11.1. The molecule has 0 saturated carbocycles. The third kappa shape index (κ3) is 5.41. The average Bonchev–Trinajstić information content (AvgIpc) is 3.10. The summed E-state index contributed by atoms with van der Waals surface area (Å²) in [6.45, 7) is 7.02. The van der Waals surface area contributed by atoms with Crippen molar-refractivity contribution in [3.63, 3.8) is 0 Å². The number of nitrogens with one attached hydrogen (secondary N) is 1. The van der Waals surface area contributed by atoms with Crippen molar-refractivity contribution in [3.8, 4) is 11.3 Å². The highest BCUT2D eigenvalue weighted by molar-refractivity contribution is 5.76. The summed E-state index contributed by atoms with van der Waals surface area (Å²) in [5.74, 6) is 1.37. The van der Waals surface area contributed by atoms with Gasteiger partial charge in [-0.3, -0.25) is 9.69 Å². The summed E-state index contributed by atoms with van der Waals surface area (Å²) in [6, 6.07) is 8.11. The maximum absolute atomic E-state index is 11.9. The quantitative estimate of drug-likeness (QED) is 0.833. The molecule has 0 aliphatic carbocycles. The van der Waals surface area contributed by atoms with E-state index < -0.39 is 0 Å². The van der Waals surface area contributed by atoms with Crippen LogP contribution in [0, 0.1) is 6.92 Å². The molecule has 0 spiro atoms. The van der Waals surface area contributed by atoms with E-state index in [-0.39, 0.29) is 5.91 Å². The number of carbonyl (C=O) groups is 1. The Labute approximate surface area is 148 Å². The first-order valence-electron chi connectivity index (χ1n) is 8.79. The van der Waals surface area contributed by atoms with Crippen LogP contribution in [0.15, 0.2) is 34.9 Å². The maximum Gasteiger partial charge on any atom is 0.220 e. The van der Waals surface area contributed by atoms with Crippen LogP contribution in [0.4, 0.5) is 0 Å². The number of aryl methyl sites for hydroxylation is 2. The van der Waals surface area contributed by atoms with Crippen molar-refractivity contribution in [3.05, 3.63) is 41.9 Å². The first kappa shape index (κ1) is 17.6. The summed E-state index contributed by atoms with van der Waals surface area (Å²) in [4.78, 5) is 18.5. The molecule has 1 fully saturated rings. The van der Waals surface area contributed by atoms with Crippen molar-refractivity contribution in [1.82, 2.24) is 15.2 Å². The van der Waals surface area contributed by atoms with Gasteiger partial charge in [-0.25, -0.2) is 4.98 Å². The van der Waals surface area contributed by atoms with Crippen molar-refractivity contribution < 1.29 is 13.9 Å². The molecule has 25 heavy (non-hydrogen) atoms. The van der Waals surface area contributed by atoms with E-state index in [9.17, 15) is 4.79 Å². The number of rotatable bonds is 7. The molecule has 0 radical (unpaired) electrons. The van der Waals surface area contributed by atoms with E-state index in [1.807, 2.05) is 31.2 Å². The lowest BCUT2D eigenvalue weighted by molar-refractivity contribution is -0.121. The summed E-state index contributed by atoms with van der Waals surface area (Å²) in [7, 11) is 0. The Kier molecular flexibility index (Phi) is 6.19. The van der Waals surface area contributed by atoms with Gasteiger partial charge in [0.2, 0.25) is 5.91 Å². The zero-order valence-electron chi connectivity index (χ0n) is 14.7. The van der Waals surface area contributed by atoms with Crippen molar-refractivity contribution in [2.75, 3.05) is 39.4 Å². The van der Waals surface area contributed by atoms with Gasteiger partial charge in [-0.1, -0.05) is 29.8 Å². The highest BCUT2D eigenvalue weighted by atomic mass is 16.5. The van der Waals surface area contributed by atoms with Crippen molar-refractivity contribution >= 4 is 5.91 Å². The van der Waals surface area contributed by atoms with Gasteiger partial charge in [0.25, 0.3) is 0 Å². The molecule has 2 heterocycles. The zero-order valence-corrected chi connectivity index (χ0v) is 14.7. The second kappa shape index (κ2) is 8.78. The van der Waals surface area contributed by atoms with Gasteiger partial charge in [-0.15, -0.1) is 0 Å². The Morgan fingerprint density at radius 2 is 2.00 bits per heavy atom. The van der Waals surface area contributed by atoms with Gasteiger partial charge < -0.3 is 14.5 Å². The van der Waals surface area contributed by atoms with Gasteiger partial charge in [-0.05, 0) is 6.92 Å². The minimum atomic E-state index is 0.0309. The standard InChI is InChI=1S/C19H25N3O3/c1-15-2-4-16(5-3-15)17-14-21-19(25-17)7-6-18(23)20-8-9-22-10-12-24-13-11-22/h2-5,14H,6-13H2,1H3,(H,20,23). The van der Waals surface area contributed by atoms with Crippen LogP contribution in [0.3, 0.4) is 0 Å². The van der Waals surface area contributed by atoms with Gasteiger partial charge in [-0.2, -0.15) is 0 Å². The topological polar surface area (TPSA) is 67.6 Å². The number of hydrogen-bond acceptors (Lipinski definition) is 5. The second-order valence-electron chi connectivity index (χ2n) is 6.29. The Hall–Kier alpha value is -2.18. The van der Waals surface area contributed by atoms with Crippen LogP contribution >= 0.6 is 0 Å². The summed E-state index contributed by atoms with van der Waals surface area (Å²) >= 11 is 0. The summed E-state index contributed by atoms with van der Waals surface area (Å²) in [5, 5.41) is 2.95. The van der Waals surface area contributed by atoms with Gasteiger partial charge in [0.05, 0.1) is 19.4 Å². The number of aromatic nitrogens is 1. The van der Waals surface area contributed by atoms with Crippen LogP contribution in [0.5, 0.6) is 0 Å². The predicted molar refractivity (Wildman–Crippen MR) is 95.3 cm³/mol. The molecule has 0 bridgehead atoms. The number of benzene rings is 1. The van der Waals surface area contributed by atoms with Crippen LogP contribution in [-0.2, 0) is 16.0 Å². The fourth-order valence-electron chi connectivity index (χ4n) is 2.76. The van der Waals surface area contributed by atoms with E-state index in [2.05, 4.69) is 15.2 Å². The van der Waals surface area contributed by atoms with Crippen molar-refractivity contribution in [2.24, 2.45) is 0 Å². The number of hydrogen-bond donors (Lipinski definition) is 1. The van der Waals surface area contributed by atoms with Gasteiger partial charge >= 0.3 is 0 Å². The lowest BCUT2D eigenvalue weighted by Crippen LogP contribution is -2.41. The molecule has 1 aromatic carbocycles. The Balaban J connectivity index is 1.39. The molecule has 134 valence electrons. The van der Waals surface area contributed by atoms with E-state index in [0.717, 1.165) is 44.2 Å². The van der Waals surface area contributed by atoms with Gasteiger partial charge in [0.1, 0.15) is 0 Å². The highest BCUT2D eigenvalue weighted by Gasteiger charge is 2.11. The molecule has 0 atom stereocenters. The predicted octanol–water partition coefficient (Wildman–Crippen LogP) is 2.03.